The Labute approximate surface area is 139 Å². The molecule has 1 aliphatic heterocycles. The summed E-state index contributed by atoms with van der Waals surface area (Å²) in [6.45, 7) is 0. The molecule has 0 spiro atoms. The molecule has 4 nitrogen and oxygen atoms in total. The van der Waals surface area contributed by atoms with Crippen molar-refractivity contribution in [2.45, 2.75) is 43.4 Å². The molecule has 1 aromatic heterocycles. The fourth-order valence-corrected chi connectivity index (χ4v) is 6.24. The maximum Gasteiger partial charge on any atom is 0.363 e. The van der Waals surface area contributed by atoms with Crippen molar-refractivity contribution in [1.29, 1.82) is 0 Å². The van der Waals surface area contributed by atoms with E-state index in [-0.39, 0.29) is 16.3 Å². The molecule has 5 aliphatic rings. The van der Waals surface area contributed by atoms with Gasteiger partial charge in [-0.2, -0.15) is 0 Å². The van der Waals surface area contributed by atoms with Gasteiger partial charge in [0, 0.05) is 16.4 Å². The molecule has 1 aromatic rings. The van der Waals surface area contributed by atoms with E-state index in [0.717, 1.165) is 32.1 Å². The smallest absolute Gasteiger partial charge is 0.363 e. The Bertz CT molecular complexity index is 719. The van der Waals surface area contributed by atoms with Gasteiger partial charge in [0.15, 0.2) is 5.70 Å². The van der Waals surface area contributed by atoms with Crippen molar-refractivity contribution in [2.24, 2.45) is 22.2 Å². The second-order valence-corrected chi connectivity index (χ2v) is 8.55. The van der Waals surface area contributed by atoms with Gasteiger partial charge in [0.25, 0.3) is 0 Å². The second kappa shape index (κ2) is 4.50. The first-order chi connectivity index (χ1) is 11.0. The summed E-state index contributed by atoms with van der Waals surface area (Å²) >= 11 is 6.86. The predicted octanol–water partition coefficient (Wildman–Crippen LogP) is 4.15. The van der Waals surface area contributed by atoms with Crippen molar-refractivity contribution in [3.8, 4) is 0 Å². The van der Waals surface area contributed by atoms with Gasteiger partial charge in [-0.25, -0.2) is 9.79 Å². The number of carbonyl (C=O) groups excluding carboxylic acids is 1. The highest BCUT2D eigenvalue weighted by Gasteiger charge is 2.60. The van der Waals surface area contributed by atoms with Gasteiger partial charge in [0.05, 0.1) is 6.26 Å². The van der Waals surface area contributed by atoms with Crippen LogP contribution in [-0.4, -0.2) is 16.7 Å². The SMILES string of the molecule is O=C1OC(C23C[C@@H]4C[C@@H](CC(Cl)(C4)C2)C3)=N/C1=C\c1ccco1. The zero-order valence-electron chi connectivity index (χ0n) is 12.8. The van der Waals surface area contributed by atoms with Crippen LogP contribution in [0.2, 0.25) is 0 Å². The minimum atomic E-state index is -0.379. The van der Waals surface area contributed by atoms with E-state index in [4.69, 9.17) is 20.8 Å². The standard InChI is InChI=1S/C18H18ClNO3/c19-18-8-11-4-12(9-18)7-17(6-11,10-18)16-20-14(15(21)23-16)5-13-2-1-3-22-13/h1-3,5,11-12H,4,6-10H2/b14-5-/t11-,12+,17?,18?. The summed E-state index contributed by atoms with van der Waals surface area (Å²) < 4.78 is 10.9. The number of cyclic esters (lactones) is 1. The van der Waals surface area contributed by atoms with E-state index in [9.17, 15) is 4.79 Å². The highest BCUT2D eigenvalue weighted by Crippen LogP contribution is 2.64. The molecular weight excluding hydrogens is 314 g/mol. The monoisotopic (exact) mass is 331 g/mol. The Morgan fingerprint density at radius 2 is 2.04 bits per heavy atom. The molecular formula is C18H18ClNO3. The molecule has 0 amide bonds. The van der Waals surface area contributed by atoms with Gasteiger partial charge in [-0.1, -0.05) is 0 Å². The van der Waals surface area contributed by atoms with Gasteiger partial charge in [-0.15, -0.1) is 11.6 Å². The van der Waals surface area contributed by atoms with Crippen LogP contribution in [0.5, 0.6) is 0 Å². The number of halogens is 1. The number of nitrogens with zero attached hydrogens (tertiary/aromatic N) is 1. The van der Waals surface area contributed by atoms with Crippen LogP contribution in [-0.2, 0) is 9.53 Å². The molecule has 6 rings (SSSR count). The first-order valence-corrected chi connectivity index (χ1v) is 8.67. The highest BCUT2D eigenvalue weighted by atomic mass is 35.5. The van der Waals surface area contributed by atoms with E-state index in [1.165, 1.54) is 6.42 Å². The summed E-state index contributed by atoms with van der Waals surface area (Å²) in [7, 11) is 0. The quantitative estimate of drug-likeness (QED) is 0.464. The summed E-state index contributed by atoms with van der Waals surface area (Å²) in [6, 6.07) is 3.58. The Morgan fingerprint density at radius 1 is 1.26 bits per heavy atom. The molecule has 2 unspecified atom stereocenters. The number of hydrogen-bond acceptors (Lipinski definition) is 4. The van der Waals surface area contributed by atoms with E-state index in [2.05, 4.69) is 4.99 Å². The van der Waals surface area contributed by atoms with Crippen molar-refractivity contribution in [3.05, 3.63) is 29.9 Å². The van der Waals surface area contributed by atoms with Crippen LogP contribution in [0.4, 0.5) is 0 Å². The van der Waals surface area contributed by atoms with Crippen LogP contribution in [0.15, 0.2) is 33.5 Å². The Hall–Kier alpha value is -1.55. The Balaban J connectivity index is 1.51. The number of aliphatic imine (C=N–C) groups is 1. The lowest BCUT2D eigenvalue weighted by molar-refractivity contribution is -0.131. The average Bonchev–Trinajstić information content (AvgIpc) is 3.07. The van der Waals surface area contributed by atoms with Crippen molar-refractivity contribution in [1.82, 2.24) is 0 Å². The molecule has 23 heavy (non-hydrogen) atoms. The maximum absolute atomic E-state index is 12.2. The summed E-state index contributed by atoms with van der Waals surface area (Å²) in [4.78, 5) is 16.6. The van der Waals surface area contributed by atoms with Crippen LogP contribution >= 0.6 is 11.6 Å². The summed E-state index contributed by atoms with van der Waals surface area (Å²) in [5.74, 6) is 2.12. The lowest BCUT2D eigenvalue weighted by Gasteiger charge is -2.59. The van der Waals surface area contributed by atoms with E-state index >= 15 is 0 Å². The van der Waals surface area contributed by atoms with Gasteiger partial charge >= 0.3 is 5.97 Å². The summed E-state index contributed by atoms with van der Waals surface area (Å²) in [6.07, 6.45) is 9.68. The minimum absolute atomic E-state index is 0.119. The van der Waals surface area contributed by atoms with Gasteiger partial charge < -0.3 is 9.15 Å². The molecule has 4 aliphatic carbocycles. The van der Waals surface area contributed by atoms with Gasteiger partial charge in [0.1, 0.15) is 5.76 Å². The lowest BCUT2D eigenvalue weighted by Crippen LogP contribution is -2.56. The number of carbonyl (C=O) groups is 1. The summed E-state index contributed by atoms with van der Waals surface area (Å²) in [5, 5.41) is 0. The molecule has 2 heterocycles. The lowest BCUT2D eigenvalue weighted by atomic mass is 9.49. The number of furan rings is 1. The van der Waals surface area contributed by atoms with Crippen LogP contribution in [0.1, 0.15) is 44.3 Å². The van der Waals surface area contributed by atoms with E-state index < -0.39 is 0 Å². The van der Waals surface area contributed by atoms with Crippen LogP contribution in [0.3, 0.4) is 0 Å². The Kier molecular flexibility index (Phi) is 2.71. The van der Waals surface area contributed by atoms with E-state index in [0.29, 0.717) is 29.2 Å². The fourth-order valence-electron chi connectivity index (χ4n) is 5.55. The van der Waals surface area contributed by atoms with Gasteiger partial charge in [-0.3, -0.25) is 0 Å². The molecule has 0 saturated heterocycles. The highest BCUT2D eigenvalue weighted by molar-refractivity contribution is 6.24. The van der Waals surface area contributed by atoms with Crippen LogP contribution in [0, 0.1) is 17.3 Å². The molecule has 4 saturated carbocycles. The van der Waals surface area contributed by atoms with E-state index in [1.54, 1.807) is 24.5 Å². The third kappa shape index (κ3) is 2.11. The van der Waals surface area contributed by atoms with Crippen LogP contribution < -0.4 is 0 Å². The van der Waals surface area contributed by atoms with E-state index in [1.807, 2.05) is 0 Å². The molecule has 0 aromatic carbocycles. The molecule has 120 valence electrons. The number of alkyl halides is 1. The molecule has 4 atom stereocenters. The first-order valence-electron chi connectivity index (χ1n) is 8.29. The topological polar surface area (TPSA) is 51.8 Å². The molecule has 4 fully saturated rings. The normalized spacial score (nSPS) is 43.1. The van der Waals surface area contributed by atoms with Crippen LogP contribution in [0.25, 0.3) is 6.08 Å². The molecule has 0 radical (unpaired) electrons. The third-order valence-corrected chi connectivity index (χ3v) is 6.33. The molecule has 4 bridgehead atoms. The van der Waals surface area contributed by atoms with Crippen molar-refractivity contribution < 1.29 is 13.9 Å². The van der Waals surface area contributed by atoms with Gasteiger partial charge in [0.2, 0.25) is 5.90 Å². The average molecular weight is 332 g/mol. The zero-order chi connectivity index (χ0) is 15.7. The Morgan fingerprint density at radius 3 is 2.70 bits per heavy atom. The fraction of sp³-hybridized carbons (Fsp3) is 0.556. The number of rotatable bonds is 2. The van der Waals surface area contributed by atoms with Crippen molar-refractivity contribution in [2.75, 3.05) is 0 Å². The third-order valence-electron chi connectivity index (χ3n) is 5.89. The molecule has 5 heteroatoms. The zero-order valence-corrected chi connectivity index (χ0v) is 13.5. The number of ether oxygens (including phenoxy) is 1. The number of esters is 1. The molecule has 0 N–H and O–H groups in total. The van der Waals surface area contributed by atoms with Crippen molar-refractivity contribution in [3.63, 3.8) is 0 Å². The first kappa shape index (κ1) is 13.8. The second-order valence-electron chi connectivity index (χ2n) is 7.74. The maximum atomic E-state index is 12.2. The summed E-state index contributed by atoms with van der Waals surface area (Å²) in [5.41, 5.74) is 0.189. The predicted molar refractivity (Wildman–Crippen MR) is 85.9 cm³/mol. The van der Waals surface area contributed by atoms with Gasteiger partial charge in [-0.05, 0) is 62.5 Å². The minimum Gasteiger partial charge on any atom is -0.465 e. The number of hydrogen-bond donors (Lipinski definition) is 0. The largest absolute Gasteiger partial charge is 0.465 e. The van der Waals surface area contributed by atoms with Crippen molar-refractivity contribution >= 4 is 29.5 Å².